The topological polar surface area (TPSA) is 12.5 Å². The molecule has 0 radical (unpaired) electrons. The molecule has 1 aromatic carbocycles. The molecular formula is C15H19Br2NO. The Kier molecular flexibility index (Phi) is 4.50. The minimum absolute atomic E-state index is 0.730. The summed E-state index contributed by atoms with van der Waals surface area (Å²) in [7, 11) is 0. The molecule has 0 aromatic heterocycles. The van der Waals surface area contributed by atoms with Gasteiger partial charge in [-0.3, -0.25) is 4.90 Å². The summed E-state index contributed by atoms with van der Waals surface area (Å²) in [4.78, 5) is 3.39. The lowest BCUT2D eigenvalue weighted by Crippen LogP contribution is -2.45. The second-order valence-electron chi connectivity index (χ2n) is 5.49. The standard InChI is InChI=1S/C15H19Br2NO/c16-11-1-5-15(6-2-11)19-8-7-18-13-3-4-14(18)10-12(17)9-13/h1-2,5-6,12-14H,3-4,7-10H2. The summed E-state index contributed by atoms with van der Waals surface area (Å²) in [5.41, 5.74) is 0. The van der Waals surface area contributed by atoms with Crippen LogP contribution in [0.1, 0.15) is 25.7 Å². The molecule has 3 rings (SSSR count). The number of fused-ring (bicyclic) bond motifs is 2. The molecular weight excluding hydrogens is 370 g/mol. The maximum atomic E-state index is 5.84. The van der Waals surface area contributed by atoms with Crippen LogP contribution in [0.15, 0.2) is 28.7 Å². The normalized spacial score (nSPS) is 30.5. The summed E-state index contributed by atoms with van der Waals surface area (Å²) in [6.45, 7) is 1.85. The SMILES string of the molecule is Brc1ccc(OCCN2C3CCC2CC(Br)C3)cc1. The summed E-state index contributed by atoms with van der Waals surface area (Å²) < 4.78 is 6.94. The largest absolute Gasteiger partial charge is 0.492 e. The highest BCUT2D eigenvalue weighted by Crippen LogP contribution is 2.38. The van der Waals surface area contributed by atoms with Crippen molar-refractivity contribution in [1.82, 2.24) is 4.90 Å². The maximum absolute atomic E-state index is 5.84. The van der Waals surface area contributed by atoms with Crippen molar-refractivity contribution in [2.45, 2.75) is 42.6 Å². The van der Waals surface area contributed by atoms with Gasteiger partial charge in [0.25, 0.3) is 0 Å². The molecule has 2 fully saturated rings. The van der Waals surface area contributed by atoms with E-state index < -0.39 is 0 Å². The van der Waals surface area contributed by atoms with E-state index in [1.165, 1.54) is 25.7 Å². The minimum atomic E-state index is 0.730. The predicted octanol–water partition coefficient (Wildman–Crippen LogP) is 4.22. The Hall–Kier alpha value is -0.0600. The summed E-state index contributed by atoms with van der Waals surface area (Å²) in [6, 6.07) is 9.63. The highest BCUT2D eigenvalue weighted by molar-refractivity contribution is 9.10. The molecule has 4 heteroatoms. The van der Waals surface area contributed by atoms with Gasteiger partial charge in [0, 0.05) is 27.9 Å². The number of nitrogens with zero attached hydrogens (tertiary/aromatic N) is 1. The second kappa shape index (κ2) is 6.15. The molecule has 2 bridgehead atoms. The van der Waals surface area contributed by atoms with Crippen LogP contribution in [0.3, 0.4) is 0 Å². The van der Waals surface area contributed by atoms with Crippen LogP contribution in [-0.4, -0.2) is 35.0 Å². The zero-order chi connectivity index (χ0) is 13.2. The van der Waals surface area contributed by atoms with E-state index in [0.717, 1.165) is 40.3 Å². The van der Waals surface area contributed by atoms with Crippen molar-refractivity contribution in [3.63, 3.8) is 0 Å². The van der Waals surface area contributed by atoms with Crippen molar-refractivity contribution in [3.8, 4) is 5.75 Å². The van der Waals surface area contributed by atoms with Crippen molar-refractivity contribution in [1.29, 1.82) is 0 Å². The second-order valence-corrected chi connectivity index (χ2v) is 7.70. The first kappa shape index (κ1) is 13.9. The fourth-order valence-electron chi connectivity index (χ4n) is 3.37. The van der Waals surface area contributed by atoms with E-state index in [1.54, 1.807) is 0 Å². The minimum Gasteiger partial charge on any atom is -0.492 e. The van der Waals surface area contributed by atoms with E-state index in [-0.39, 0.29) is 0 Å². The summed E-state index contributed by atoms with van der Waals surface area (Å²) in [6.07, 6.45) is 5.33. The average Bonchev–Trinajstić information content (AvgIpc) is 2.64. The first-order valence-electron chi connectivity index (χ1n) is 7.00. The van der Waals surface area contributed by atoms with Gasteiger partial charge in [-0.25, -0.2) is 0 Å². The predicted molar refractivity (Wildman–Crippen MR) is 85.1 cm³/mol. The van der Waals surface area contributed by atoms with Gasteiger partial charge in [-0.1, -0.05) is 31.9 Å². The van der Waals surface area contributed by atoms with Crippen molar-refractivity contribution in [2.75, 3.05) is 13.2 Å². The van der Waals surface area contributed by atoms with Gasteiger partial charge in [-0.05, 0) is 49.9 Å². The Morgan fingerprint density at radius 2 is 1.74 bits per heavy atom. The lowest BCUT2D eigenvalue weighted by molar-refractivity contribution is 0.120. The van der Waals surface area contributed by atoms with Gasteiger partial charge in [0.05, 0.1) is 0 Å². The fourth-order valence-corrected chi connectivity index (χ4v) is 4.50. The maximum Gasteiger partial charge on any atom is 0.119 e. The number of hydrogen-bond acceptors (Lipinski definition) is 2. The zero-order valence-corrected chi connectivity index (χ0v) is 14.1. The fraction of sp³-hybridized carbons (Fsp3) is 0.600. The Labute approximate surface area is 131 Å². The van der Waals surface area contributed by atoms with Gasteiger partial charge in [0.15, 0.2) is 0 Å². The van der Waals surface area contributed by atoms with Crippen LogP contribution in [0.2, 0.25) is 0 Å². The van der Waals surface area contributed by atoms with Gasteiger partial charge in [-0.15, -0.1) is 0 Å². The van der Waals surface area contributed by atoms with E-state index in [1.807, 2.05) is 24.3 Å². The van der Waals surface area contributed by atoms with Gasteiger partial charge in [-0.2, -0.15) is 0 Å². The van der Waals surface area contributed by atoms with Gasteiger partial charge in [0.2, 0.25) is 0 Å². The number of rotatable bonds is 4. The van der Waals surface area contributed by atoms with Crippen LogP contribution in [0.25, 0.3) is 0 Å². The van der Waals surface area contributed by atoms with E-state index in [2.05, 4.69) is 36.8 Å². The van der Waals surface area contributed by atoms with Crippen molar-refractivity contribution < 1.29 is 4.74 Å². The lowest BCUT2D eigenvalue weighted by atomic mass is 10.0. The van der Waals surface area contributed by atoms with E-state index >= 15 is 0 Å². The lowest BCUT2D eigenvalue weighted by Gasteiger charge is -2.36. The number of hydrogen-bond donors (Lipinski definition) is 0. The van der Waals surface area contributed by atoms with Crippen LogP contribution < -0.4 is 4.74 Å². The van der Waals surface area contributed by atoms with Gasteiger partial charge < -0.3 is 4.74 Å². The molecule has 2 aliphatic rings. The van der Waals surface area contributed by atoms with Crippen molar-refractivity contribution >= 4 is 31.9 Å². The van der Waals surface area contributed by atoms with E-state index in [0.29, 0.717) is 0 Å². The Balaban J connectivity index is 1.49. The molecule has 2 unspecified atom stereocenters. The molecule has 2 heterocycles. The number of benzene rings is 1. The molecule has 2 saturated heterocycles. The van der Waals surface area contributed by atoms with Crippen LogP contribution in [0, 0.1) is 0 Å². The monoisotopic (exact) mass is 387 g/mol. The molecule has 0 spiro atoms. The van der Waals surface area contributed by atoms with Crippen LogP contribution >= 0.6 is 31.9 Å². The zero-order valence-electron chi connectivity index (χ0n) is 10.9. The molecule has 0 aliphatic carbocycles. The third-order valence-corrected chi connectivity index (χ3v) is 5.53. The Morgan fingerprint density at radius 3 is 2.37 bits per heavy atom. The molecule has 2 aliphatic heterocycles. The van der Waals surface area contributed by atoms with Gasteiger partial charge in [0.1, 0.15) is 12.4 Å². The highest BCUT2D eigenvalue weighted by atomic mass is 79.9. The molecule has 104 valence electrons. The van der Waals surface area contributed by atoms with Gasteiger partial charge >= 0.3 is 0 Å². The van der Waals surface area contributed by atoms with Crippen molar-refractivity contribution in [2.24, 2.45) is 0 Å². The number of ether oxygens (including phenoxy) is 1. The summed E-state index contributed by atoms with van der Waals surface area (Å²) >= 11 is 7.22. The molecule has 0 saturated carbocycles. The summed E-state index contributed by atoms with van der Waals surface area (Å²) in [5, 5.41) is 0. The van der Waals surface area contributed by atoms with Crippen molar-refractivity contribution in [3.05, 3.63) is 28.7 Å². The first-order valence-corrected chi connectivity index (χ1v) is 8.71. The van der Waals surface area contributed by atoms with E-state index in [4.69, 9.17) is 4.74 Å². The number of halogens is 2. The highest BCUT2D eigenvalue weighted by Gasteiger charge is 2.39. The molecule has 0 amide bonds. The molecule has 19 heavy (non-hydrogen) atoms. The number of alkyl halides is 1. The summed E-state index contributed by atoms with van der Waals surface area (Å²) in [5.74, 6) is 0.964. The quantitative estimate of drug-likeness (QED) is 0.716. The van der Waals surface area contributed by atoms with E-state index in [9.17, 15) is 0 Å². The average molecular weight is 389 g/mol. The smallest absolute Gasteiger partial charge is 0.119 e. The molecule has 0 N–H and O–H groups in total. The van der Waals surface area contributed by atoms with Crippen LogP contribution in [0.4, 0.5) is 0 Å². The molecule has 1 aromatic rings. The van der Waals surface area contributed by atoms with Crippen LogP contribution in [0.5, 0.6) is 5.75 Å². The Bertz CT molecular complexity index is 409. The number of piperidine rings is 1. The first-order chi connectivity index (χ1) is 9.22. The third-order valence-electron chi connectivity index (χ3n) is 4.26. The van der Waals surface area contributed by atoms with Crippen LogP contribution in [-0.2, 0) is 0 Å². The molecule has 2 atom stereocenters. The Morgan fingerprint density at radius 1 is 1.11 bits per heavy atom. The molecule has 2 nitrogen and oxygen atoms in total. The third kappa shape index (κ3) is 3.34.